The molecule has 0 amide bonds. The molecule has 0 saturated heterocycles. The molecule has 0 bridgehead atoms. The highest BCUT2D eigenvalue weighted by molar-refractivity contribution is 7.76. The van der Waals surface area contributed by atoms with E-state index < -0.39 is 14.9 Å². The van der Waals surface area contributed by atoms with Gasteiger partial charge in [0.25, 0.3) is 0 Å². The summed E-state index contributed by atoms with van der Waals surface area (Å²) in [6.07, 6.45) is 7.72. The minimum Gasteiger partial charge on any atom is -0.307 e. The molecule has 2 atom stereocenters. The lowest BCUT2D eigenvalue weighted by Crippen LogP contribution is -2.29. The number of nitrogens with zero attached hydrogens (tertiary/aromatic N) is 8. The summed E-state index contributed by atoms with van der Waals surface area (Å²) in [7, 11) is -7.70. The van der Waals surface area contributed by atoms with Crippen LogP contribution in [0.25, 0.3) is 83.2 Å². The van der Waals surface area contributed by atoms with Gasteiger partial charge in [-0.05, 0) is 162 Å². The smallest absolute Gasteiger partial charge is 0.301 e. The van der Waals surface area contributed by atoms with Crippen molar-refractivity contribution in [3.05, 3.63) is 333 Å². The molecule has 95 heavy (non-hydrogen) atoms. The molecule has 0 fully saturated rings. The van der Waals surface area contributed by atoms with Crippen LogP contribution >= 0.6 is 14.9 Å². The maximum Gasteiger partial charge on any atom is 0.301 e. The molecule has 0 N–H and O–H groups in total. The van der Waals surface area contributed by atoms with Crippen LogP contribution in [0.3, 0.4) is 0 Å². The predicted octanol–water partition coefficient (Wildman–Crippen LogP) is 21.6. The SMILES string of the molecule is CC1C=CC(c2cc(-c3ccccc3)nc(-n3c4ccccc4c4cc(-c5ccc(N6c7ccccc7N(c7ccccc7)P6(=O)c6ccc(P7(=O)N(c8ccccc8)c8ccccc8N7c7ccccc7)cc6)cc5)c5c6ccccc6n(-c6ccccc6)c5c43)n2)=CC1. The summed E-state index contributed by atoms with van der Waals surface area (Å²) in [6, 6.07) is 105. The fourth-order valence-corrected chi connectivity index (χ4v) is 20.6. The molecule has 10 nitrogen and oxygen atoms in total. The van der Waals surface area contributed by atoms with Gasteiger partial charge >= 0.3 is 14.9 Å². The second-order valence-corrected chi connectivity index (χ2v) is 29.3. The van der Waals surface area contributed by atoms with Crippen molar-refractivity contribution in [1.29, 1.82) is 0 Å². The number of para-hydroxylation sites is 10. The van der Waals surface area contributed by atoms with Crippen molar-refractivity contribution in [1.82, 2.24) is 19.1 Å². The zero-order valence-electron chi connectivity index (χ0n) is 51.8. The molecule has 0 saturated carbocycles. The first-order valence-corrected chi connectivity index (χ1v) is 35.4. The maximum absolute atomic E-state index is 17.6. The normalized spacial score (nSPS) is 16.5. The molecule has 0 radical (unpaired) electrons. The van der Waals surface area contributed by atoms with Gasteiger partial charge in [-0.15, -0.1) is 0 Å². The van der Waals surface area contributed by atoms with Crippen LogP contribution in [0.4, 0.5) is 45.5 Å². The van der Waals surface area contributed by atoms with Gasteiger partial charge in [0.15, 0.2) is 0 Å². The monoisotopic (exact) mass is 1260 g/mol. The minimum absolute atomic E-state index is 0.440. The number of fused-ring (bicyclic) bond motifs is 9. The summed E-state index contributed by atoms with van der Waals surface area (Å²) >= 11 is 0. The van der Waals surface area contributed by atoms with E-state index in [9.17, 15) is 0 Å². The van der Waals surface area contributed by atoms with Gasteiger partial charge in [-0.2, -0.15) is 0 Å². The van der Waals surface area contributed by atoms with Crippen LogP contribution in [0.5, 0.6) is 0 Å². The molecule has 3 aliphatic rings. The van der Waals surface area contributed by atoms with Crippen LogP contribution in [0.15, 0.2) is 328 Å². The van der Waals surface area contributed by atoms with Crippen LogP contribution in [0, 0.1) is 5.92 Å². The molecular weight excluding hydrogens is 1200 g/mol. The van der Waals surface area contributed by atoms with Crippen molar-refractivity contribution in [2.45, 2.75) is 13.3 Å². The lowest BCUT2D eigenvalue weighted by molar-refractivity contribution is 0.581. The average molecular weight is 1260 g/mol. The molecular formula is C83H60N8O2P2. The number of hydrogen-bond acceptors (Lipinski definition) is 4. The number of hydrogen-bond donors (Lipinski definition) is 0. The molecule has 454 valence electrons. The topological polar surface area (TPSA) is 82.7 Å². The molecule has 12 aromatic carbocycles. The van der Waals surface area contributed by atoms with Crippen molar-refractivity contribution in [3.63, 3.8) is 0 Å². The molecule has 2 unspecified atom stereocenters. The fourth-order valence-electron chi connectivity index (χ4n) is 14.6. The molecule has 12 heteroatoms. The van der Waals surface area contributed by atoms with E-state index in [-0.39, 0.29) is 0 Å². The van der Waals surface area contributed by atoms with Crippen molar-refractivity contribution in [3.8, 4) is 34.0 Å². The molecule has 2 aliphatic heterocycles. The lowest BCUT2D eigenvalue weighted by Gasteiger charge is -2.35. The summed E-state index contributed by atoms with van der Waals surface area (Å²) in [5.74, 6) is 1.02. The van der Waals surface area contributed by atoms with Crippen molar-refractivity contribution < 1.29 is 9.13 Å². The van der Waals surface area contributed by atoms with E-state index in [1.165, 1.54) is 0 Å². The third-order valence-corrected chi connectivity index (χ3v) is 24.8. The summed E-state index contributed by atoms with van der Waals surface area (Å²) < 4.78 is 47.2. The highest BCUT2D eigenvalue weighted by Gasteiger charge is 2.52. The Morgan fingerprint density at radius 3 is 1.28 bits per heavy atom. The first-order chi connectivity index (χ1) is 46.8. The molecule has 0 spiro atoms. The summed E-state index contributed by atoms with van der Waals surface area (Å²) in [6.45, 7) is 2.25. The standard InChI is InChI=1S/C83H60N8O2P2/c1-57-43-45-60(46-44-57)73-56-72(59-25-7-2-8-26-59)84-83(85-73)87-74-37-19-17-35-68(74)71-55-70(80-69-36-18-20-38-75(69)86(82(80)81(71)87)61-27-9-3-10-28-61)58-47-49-65(50-48-58)91-79-42-24-23-41-78(79)90(64-33-15-6-16-34-64)95(91,93)67-53-51-66(52-54-67)94(92)88(62-29-11-4-12-30-62)76-39-21-22-40-77(76)89(94)63-31-13-5-14-32-63/h2-43,45-57H,44H2,1H3. The number of benzene rings is 12. The van der Waals surface area contributed by atoms with Gasteiger partial charge in [0.2, 0.25) is 5.95 Å². The van der Waals surface area contributed by atoms with Crippen molar-refractivity contribution in [2.75, 3.05) is 18.7 Å². The summed E-state index contributed by atoms with van der Waals surface area (Å²) in [5.41, 5.74) is 17.3. The first-order valence-electron chi connectivity index (χ1n) is 32.2. The van der Waals surface area contributed by atoms with E-state index >= 15 is 9.13 Å². The van der Waals surface area contributed by atoms with E-state index in [1.54, 1.807) is 0 Å². The van der Waals surface area contributed by atoms with Gasteiger partial charge in [0.05, 0.1) is 66.8 Å². The van der Waals surface area contributed by atoms with Gasteiger partial charge in [-0.25, -0.2) is 9.97 Å². The van der Waals surface area contributed by atoms with Crippen LogP contribution < -0.4 is 29.3 Å². The van der Waals surface area contributed by atoms with Gasteiger partial charge in [-0.3, -0.25) is 32.4 Å². The van der Waals surface area contributed by atoms with E-state index in [2.05, 4.69) is 186 Å². The van der Waals surface area contributed by atoms with Crippen molar-refractivity contribution >= 4 is 120 Å². The van der Waals surface area contributed by atoms with Gasteiger partial charge in [0.1, 0.15) is 0 Å². The highest BCUT2D eigenvalue weighted by Crippen LogP contribution is 2.72. The Morgan fingerprint density at radius 1 is 0.368 bits per heavy atom. The second kappa shape index (κ2) is 22.4. The minimum atomic E-state index is -3.94. The number of rotatable bonds is 11. The third-order valence-electron chi connectivity index (χ3n) is 18.9. The van der Waals surface area contributed by atoms with Gasteiger partial charge < -0.3 is 4.57 Å². The fraction of sp³-hybridized carbons (Fsp3) is 0.0361. The molecule has 3 aromatic heterocycles. The second-order valence-electron chi connectivity index (χ2n) is 24.5. The van der Waals surface area contributed by atoms with E-state index in [4.69, 9.17) is 9.97 Å². The summed E-state index contributed by atoms with van der Waals surface area (Å²) in [4.78, 5) is 11.1. The van der Waals surface area contributed by atoms with Crippen LogP contribution in [-0.4, -0.2) is 19.1 Å². The number of allylic oxidation sites excluding steroid dienone is 4. The predicted molar refractivity (Wildman–Crippen MR) is 394 cm³/mol. The van der Waals surface area contributed by atoms with Gasteiger partial charge in [0, 0.05) is 55.5 Å². The number of aromatic nitrogens is 4. The van der Waals surface area contributed by atoms with Crippen LogP contribution in [0.1, 0.15) is 19.0 Å². The first kappa shape index (κ1) is 56.2. The Labute approximate surface area is 550 Å². The summed E-state index contributed by atoms with van der Waals surface area (Å²) in [5, 5.41) is 5.47. The molecule has 18 rings (SSSR count). The zero-order valence-corrected chi connectivity index (χ0v) is 53.5. The Kier molecular flexibility index (Phi) is 13.2. The Morgan fingerprint density at radius 2 is 0.789 bits per heavy atom. The quantitative estimate of drug-likeness (QED) is 0.118. The number of anilines is 8. The Balaban J connectivity index is 0.834. The zero-order chi connectivity index (χ0) is 63.4. The third kappa shape index (κ3) is 8.79. The maximum atomic E-state index is 17.6. The van der Waals surface area contributed by atoms with E-state index in [0.29, 0.717) is 22.5 Å². The highest BCUT2D eigenvalue weighted by atomic mass is 31.2. The molecule has 5 heterocycles. The molecule has 1 aliphatic carbocycles. The van der Waals surface area contributed by atoms with E-state index in [0.717, 1.165) is 135 Å². The van der Waals surface area contributed by atoms with Crippen LogP contribution in [-0.2, 0) is 9.13 Å². The van der Waals surface area contributed by atoms with E-state index in [1.807, 2.05) is 176 Å². The molecule has 15 aromatic rings. The lowest BCUT2D eigenvalue weighted by atomic mass is 9.96. The Bertz CT molecular complexity index is 5610. The van der Waals surface area contributed by atoms with Crippen LogP contribution in [0.2, 0.25) is 0 Å². The average Bonchev–Trinajstić information content (AvgIpc) is 1.57. The van der Waals surface area contributed by atoms with Gasteiger partial charge in [-0.1, -0.05) is 201 Å². The Hall–Kier alpha value is -11.5. The largest absolute Gasteiger partial charge is 0.307 e. The van der Waals surface area contributed by atoms with Crippen molar-refractivity contribution in [2.24, 2.45) is 5.92 Å².